The Hall–Kier alpha value is -1.64. The lowest BCUT2D eigenvalue weighted by Crippen LogP contribution is -2.32. The normalized spacial score (nSPS) is 15.4. The first-order chi connectivity index (χ1) is 11.9. The Balaban J connectivity index is 2.10. The van der Waals surface area contributed by atoms with Gasteiger partial charge in [-0.3, -0.25) is 0 Å². The highest BCUT2D eigenvalue weighted by Gasteiger charge is 2.24. The van der Waals surface area contributed by atoms with E-state index in [1.165, 1.54) is 18.2 Å². The molecule has 1 aromatic carbocycles. The second kappa shape index (κ2) is 9.17. The molecule has 25 heavy (non-hydrogen) atoms. The summed E-state index contributed by atoms with van der Waals surface area (Å²) in [4.78, 5) is 11.5. The maximum atomic E-state index is 12.5. The van der Waals surface area contributed by atoms with Gasteiger partial charge in [-0.05, 0) is 44.4 Å². The van der Waals surface area contributed by atoms with Crippen molar-refractivity contribution in [2.75, 3.05) is 25.1 Å². The highest BCUT2D eigenvalue weighted by atomic mass is 32.2. The molecule has 0 heterocycles. The maximum absolute atomic E-state index is 12.5. The van der Waals surface area contributed by atoms with Crippen LogP contribution < -0.4 is 10.0 Å². The van der Waals surface area contributed by atoms with Gasteiger partial charge in [-0.2, -0.15) is 0 Å². The summed E-state index contributed by atoms with van der Waals surface area (Å²) in [6.45, 7) is 3.69. The molecule has 1 aliphatic carbocycles. The van der Waals surface area contributed by atoms with Crippen LogP contribution in [-0.4, -0.2) is 45.3 Å². The van der Waals surface area contributed by atoms with E-state index < -0.39 is 16.0 Å². The third-order valence-corrected chi connectivity index (χ3v) is 5.71. The molecule has 0 spiro atoms. The van der Waals surface area contributed by atoms with Crippen LogP contribution in [0.25, 0.3) is 0 Å². The number of anilines is 1. The topological polar surface area (TPSA) is 105 Å². The van der Waals surface area contributed by atoms with Crippen LogP contribution in [0.2, 0.25) is 0 Å². The van der Waals surface area contributed by atoms with E-state index in [1.807, 2.05) is 6.92 Å². The van der Waals surface area contributed by atoms with Crippen molar-refractivity contribution in [1.82, 2.24) is 4.72 Å². The van der Waals surface area contributed by atoms with Crippen LogP contribution in [-0.2, 0) is 14.8 Å². The van der Waals surface area contributed by atoms with E-state index in [9.17, 15) is 18.3 Å². The number of hydrogen-bond donors (Lipinski definition) is 3. The molecule has 1 saturated carbocycles. The lowest BCUT2D eigenvalue weighted by molar-refractivity contribution is 0.0697. The fourth-order valence-electron chi connectivity index (χ4n) is 2.89. The molecule has 3 N–H and O–H groups in total. The minimum Gasteiger partial charge on any atom is -0.478 e. The standard InChI is InChI=1S/C17H26N2O5S/c1-2-24-11-5-10-18-16-9-8-14(12-15(16)17(20)21)25(22,23)19-13-6-3-4-7-13/h8-9,12-13,18-19H,2-7,10-11H2,1H3,(H,20,21). The van der Waals surface area contributed by atoms with Gasteiger partial charge >= 0.3 is 5.97 Å². The Bertz CT molecular complexity index is 684. The zero-order chi connectivity index (χ0) is 18.3. The largest absolute Gasteiger partial charge is 0.478 e. The molecule has 7 nitrogen and oxygen atoms in total. The van der Waals surface area contributed by atoms with Crippen LogP contribution in [0.15, 0.2) is 23.1 Å². The third kappa shape index (κ3) is 5.69. The Labute approximate surface area is 148 Å². The molecule has 0 saturated heterocycles. The van der Waals surface area contributed by atoms with Crippen LogP contribution in [0.5, 0.6) is 0 Å². The van der Waals surface area contributed by atoms with Gasteiger partial charge in [0, 0.05) is 31.5 Å². The highest BCUT2D eigenvalue weighted by Crippen LogP contribution is 2.23. The zero-order valence-electron chi connectivity index (χ0n) is 14.5. The smallest absolute Gasteiger partial charge is 0.337 e. The maximum Gasteiger partial charge on any atom is 0.337 e. The minimum absolute atomic E-state index is 0.0170. The van der Waals surface area contributed by atoms with Gasteiger partial charge in [-0.1, -0.05) is 12.8 Å². The highest BCUT2D eigenvalue weighted by molar-refractivity contribution is 7.89. The Kier molecular flexibility index (Phi) is 7.22. The third-order valence-electron chi connectivity index (χ3n) is 4.19. The van der Waals surface area contributed by atoms with Gasteiger partial charge in [0.05, 0.1) is 10.5 Å². The van der Waals surface area contributed by atoms with Gasteiger partial charge in [0.2, 0.25) is 10.0 Å². The number of aromatic carboxylic acids is 1. The van der Waals surface area contributed by atoms with E-state index >= 15 is 0 Å². The Morgan fingerprint density at radius 2 is 2.04 bits per heavy atom. The predicted octanol–water partition coefficient (Wildman–Crippen LogP) is 2.44. The fraction of sp³-hybridized carbons (Fsp3) is 0.588. The molecular weight excluding hydrogens is 344 g/mol. The van der Waals surface area contributed by atoms with Gasteiger partial charge in [0.15, 0.2) is 0 Å². The number of carbonyl (C=O) groups is 1. The van der Waals surface area contributed by atoms with Crippen LogP contribution in [0.4, 0.5) is 5.69 Å². The van der Waals surface area contributed by atoms with Crippen LogP contribution in [0, 0.1) is 0 Å². The zero-order valence-corrected chi connectivity index (χ0v) is 15.3. The van der Waals surface area contributed by atoms with Crippen molar-refractivity contribution in [3.8, 4) is 0 Å². The Morgan fingerprint density at radius 3 is 2.68 bits per heavy atom. The minimum atomic E-state index is -3.71. The summed E-state index contributed by atoms with van der Waals surface area (Å²) >= 11 is 0. The van der Waals surface area contributed by atoms with Gasteiger partial charge < -0.3 is 15.2 Å². The first kappa shape index (κ1) is 19.7. The first-order valence-electron chi connectivity index (χ1n) is 8.65. The number of sulfonamides is 1. The number of carboxylic acid groups (broad SMARTS) is 1. The van der Waals surface area contributed by atoms with Gasteiger partial charge in [0.1, 0.15) is 0 Å². The number of benzene rings is 1. The van der Waals surface area contributed by atoms with E-state index in [-0.39, 0.29) is 16.5 Å². The van der Waals surface area contributed by atoms with Crippen molar-refractivity contribution in [1.29, 1.82) is 0 Å². The van der Waals surface area contributed by atoms with E-state index in [0.717, 1.165) is 32.1 Å². The molecule has 1 aromatic rings. The molecule has 2 rings (SSSR count). The number of rotatable bonds is 10. The average molecular weight is 370 g/mol. The van der Waals surface area contributed by atoms with Gasteiger partial charge in [-0.15, -0.1) is 0 Å². The van der Waals surface area contributed by atoms with Crippen molar-refractivity contribution in [2.45, 2.75) is 50.0 Å². The number of nitrogens with one attached hydrogen (secondary N) is 2. The van der Waals surface area contributed by atoms with E-state index in [0.29, 0.717) is 25.4 Å². The first-order valence-corrected chi connectivity index (χ1v) is 10.1. The number of hydrogen-bond acceptors (Lipinski definition) is 5. The molecule has 0 atom stereocenters. The summed E-state index contributed by atoms with van der Waals surface area (Å²) < 4.78 is 32.8. The second-order valence-electron chi connectivity index (χ2n) is 6.09. The molecule has 1 fully saturated rings. The SMILES string of the molecule is CCOCCCNc1ccc(S(=O)(=O)NC2CCCC2)cc1C(=O)O. The average Bonchev–Trinajstić information content (AvgIpc) is 3.06. The van der Waals surface area contributed by atoms with Crippen molar-refractivity contribution < 1.29 is 23.1 Å². The summed E-state index contributed by atoms with van der Waals surface area (Å²) in [5, 5.41) is 12.4. The van der Waals surface area contributed by atoms with Crippen LogP contribution in [0.1, 0.15) is 49.4 Å². The fourth-order valence-corrected chi connectivity index (χ4v) is 4.23. The van der Waals surface area contributed by atoms with Crippen LogP contribution in [0.3, 0.4) is 0 Å². The summed E-state index contributed by atoms with van der Waals surface area (Å²) in [5.74, 6) is -1.16. The Morgan fingerprint density at radius 1 is 1.32 bits per heavy atom. The van der Waals surface area contributed by atoms with Crippen molar-refractivity contribution in [3.63, 3.8) is 0 Å². The van der Waals surface area contributed by atoms with Crippen molar-refractivity contribution in [2.24, 2.45) is 0 Å². The molecule has 0 bridgehead atoms. The van der Waals surface area contributed by atoms with Crippen molar-refractivity contribution in [3.05, 3.63) is 23.8 Å². The summed E-state index contributed by atoms with van der Waals surface area (Å²) in [5.41, 5.74) is 0.356. The number of ether oxygens (including phenoxy) is 1. The molecule has 0 amide bonds. The molecular formula is C17H26N2O5S. The molecule has 1 aliphatic rings. The lowest BCUT2D eigenvalue weighted by Gasteiger charge is -2.15. The quantitative estimate of drug-likeness (QED) is 0.547. The predicted molar refractivity (Wildman–Crippen MR) is 95.6 cm³/mol. The van der Waals surface area contributed by atoms with Gasteiger partial charge in [-0.25, -0.2) is 17.9 Å². The molecule has 140 valence electrons. The summed E-state index contributed by atoms with van der Waals surface area (Å²) in [7, 11) is -3.71. The second-order valence-corrected chi connectivity index (χ2v) is 7.81. The summed E-state index contributed by atoms with van der Waals surface area (Å²) in [6, 6.07) is 4.10. The van der Waals surface area contributed by atoms with E-state index in [4.69, 9.17) is 4.74 Å². The lowest BCUT2D eigenvalue weighted by atomic mass is 10.2. The molecule has 0 unspecified atom stereocenters. The monoisotopic (exact) mass is 370 g/mol. The molecule has 8 heteroatoms. The van der Waals surface area contributed by atoms with Gasteiger partial charge in [0.25, 0.3) is 0 Å². The van der Waals surface area contributed by atoms with Crippen molar-refractivity contribution >= 4 is 21.7 Å². The summed E-state index contributed by atoms with van der Waals surface area (Å²) in [6.07, 6.45) is 4.40. The molecule has 0 radical (unpaired) electrons. The van der Waals surface area contributed by atoms with Crippen LogP contribution >= 0.6 is 0 Å². The number of carboxylic acids is 1. The van der Waals surface area contributed by atoms with E-state index in [2.05, 4.69) is 10.0 Å². The van der Waals surface area contributed by atoms with E-state index in [1.54, 1.807) is 0 Å². The molecule has 0 aliphatic heterocycles. The molecule has 0 aromatic heterocycles.